The van der Waals surface area contributed by atoms with Crippen LogP contribution in [0, 0.1) is 0 Å². The Hall–Kier alpha value is -0.580. The van der Waals surface area contributed by atoms with E-state index in [1.807, 2.05) is 0 Å². The second-order valence-electron chi connectivity index (χ2n) is 3.54. The summed E-state index contributed by atoms with van der Waals surface area (Å²) in [6, 6.07) is 6.44. The zero-order chi connectivity index (χ0) is 12.0. The van der Waals surface area contributed by atoms with Crippen LogP contribution in [0.25, 0.3) is 0 Å². The van der Waals surface area contributed by atoms with Crippen LogP contribution in [0.4, 0.5) is 0 Å². The first-order chi connectivity index (χ1) is 7.58. The number of hydrogen-bond acceptors (Lipinski definition) is 2. The first-order valence-electron chi connectivity index (χ1n) is 5.32. The summed E-state index contributed by atoms with van der Waals surface area (Å²) < 4.78 is 26.2. The molecule has 0 heterocycles. The molecule has 0 aliphatic rings. The molecule has 0 saturated heterocycles. The van der Waals surface area contributed by atoms with Crippen molar-refractivity contribution in [2.45, 2.75) is 31.1 Å². The van der Waals surface area contributed by atoms with Crippen molar-refractivity contribution < 1.29 is 8.42 Å². The fourth-order valence-corrected chi connectivity index (χ4v) is 2.91. The number of sulfonamides is 1. The smallest absolute Gasteiger partial charge is 0.211 e. The zero-order valence-corrected chi connectivity index (χ0v) is 10.8. The molecule has 0 radical (unpaired) electrons. The maximum Gasteiger partial charge on any atom is 0.242 e. The average molecular weight is 262 g/mol. The summed E-state index contributed by atoms with van der Waals surface area (Å²) in [6.07, 6.45) is 2.93. The number of unbranched alkanes of at least 4 members (excludes halogenated alkanes) is 2. The van der Waals surface area contributed by atoms with Crippen LogP contribution in [-0.4, -0.2) is 15.0 Å². The van der Waals surface area contributed by atoms with Gasteiger partial charge in [-0.1, -0.05) is 43.5 Å². The molecule has 0 aliphatic heterocycles. The van der Waals surface area contributed by atoms with E-state index in [-0.39, 0.29) is 9.92 Å². The largest absolute Gasteiger partial charge is 0.242 e. The maximum atomic E-state index is 11.8. The average Bonchev–Trinajstić information content (AvgIpc) is 2.25. The topological polar surface area (TPSA) is 46.2 Å². The molecule has 1 aromatic carbocycles. The number of hydrogen-bond donors (Lipinski definition) is 1. The summed E-state index contributed by atoms with van der Waals surface area (Å²) in [4.78, 5) is 0.146. The van der Waals surface area contributed by atoms with Crippen molar-refractivity contribution in [1.82, 2.24) is 4.72 Å². The van der Waals surface area contributed by atoms with E-state index in [1.54, 1.807) is 18.2 Å². The maximum absolute atomic E-state index is 11.8. The van der Waals surface area contributed by atoms with Gasteiger partial charge in [0.2, 0.25) is 10.0 Å². The first-order valence-corrected chi connectivity index (χ1v) is 7.18. The zero-order valence-electron chi connectivity index (χ0n) is 9.24. The van der Waals surface area contributed by atoms with E-state index in [2.05, 4.69) is 11.6 Å². The Morgan fingerprint density at radius 1 is 1.25 bits per heavy atom. The molecule has 1 rings (SSSR count). The second kappa shape index (κ2) is 6.23. The van der Waals surface area contributed by atoms with Crippen molar-refractivity contribution in [3.63, 3.8) is 0 Å². The van der Waals surface area contributed by atoms with E-state index >= 15 is 0 Å². The van der Waals surface area contributed by atoms with Crippen LogP contribution < -0.4 is 4.72 Å². The lowest BCUT2D eigenvalue weighted by molar-refractivity contribution is 0.576. The molecule has 16 heavy (non-hydrogen) atoms. The monoisotopic (exact) mass is 261 g/mol. The predicted molar refractivity (Wildman–Crippen MR) is 66.2 cm³/mol. The summed E-state index contributed by atoms with van der Waals surface area (Å²) >= 11 is 5.83. The van der Waals surface area contributed by atoms with Crippen molar-refractivity contribution >= 4 is 21.6 Å². The molecule has 0 amide bonds. The van der Waals surface area contributed by atoms with E-state index in [0.29, 0.717) is 6.54 Å². The molecule has 0 fully saturated rings. The van der Waals surface area contributed by atoms with Gasteiger partial charge < -0.3 is 0 Å². The number of benzene rings is 1. The van der Waals surface area contributed by atoms with Gasteiger partial charge in [0.15, 0.2) is 0 Å². The van der Waals surface area contributed by atoms with E-state index in [0.717, 1.165) is 19.3 Å². The Bertz CT molecular complexity index is 431. The highest BCUT2D eigenvalue weighted by Crippen LogP contribution is 2.19. The third kappa shape index (κ3) is 3.77. The summed E-state index contributed by atoms with van der Waals surface area (Å²) in [5, 5.41) is 0.255. The number of halogens is 1. The first kappa shape index (κ1) is 13.5. The molecule has 90 valence electrons. The fourth-order valence-electron chi connectivity index (χ4n) is 1.32. The minimum atomic E-state index is -3.45. The Kier molecular flexibility index (Phi) is 5.25. The van der Waals surface area contributed by atoms with E-state index < -0.39 is 10.0 Å². The Balaban J connectivity index is 2.68. The lowest BCUT2D eigenvalue weighted by Gasteiger charge is -2.07. The normalized spacial score (nSPS) is 11.6. The highest BCUT2D eigenvalue weighted by molar-refractivity contribution is 7.89. The highest BCUT2D eigenvalue weighted by atomic mass is 35.5. The molecule has 0 aromatic heterocycles. The predicted octanol–water partition coefficient (Wildman–Crippen LogP) is 2.81. The van der Waals surface area contributed by atoms with Crippen LogP contribution in [0.3, 0.4) is 0 Å². The van der Waals surface area contributed by atoms with Gasteiger partial charge in [-0.25, -0.2) is 13.1 Å². The molecule has 0 atom stereocenters. The van der Waals surface area contributed by atoms with Crippen molar-refractivity contribution in [1.29, 1.82) is 0 Å². The molecule has 0 saturated carbocycles. The van der Waals surface area contributed by atoms with Gasteiger partial charge in [0.1, 0.15) is 4.90 Å². The van der Waals surface area contributed by atoms with Crippen molar-refractivity contribution in [3.8, 4) is 0 Å². The molecule has 1 aromatic rings. The van der Waals surface area contributed by atoms with Crippen LogP contribution in [0.2, 0.25) is 5.02 Å². The van der Waals surface area contributed by atoms with Gasteiger partial charge >= 0.3 is 0 Å². The Morgan fingerprint density at radius 3 is 2.56 bits per heavy atom. The van der Waals surface area contributed by atoms with Gasteiger partial charge in [0.25, 0.3) is 0 Å². The van der Waals surface area contributed by atoms with E-state index in [9.17, 15) is 8.42 Å². The Labute approximate surface area is 102 Å². The standard InChI is InChI=1S/C11H16ClNO2S/c1-2-3-6-9-13-16(14,15)11-8-5-4-7-10(11)12/h4-5,7-8,13H,2-3,6,9H2,1H3. The minimum absolute atomic E-state index is 0.146. The van der Waals surface area contributed by atoms with Gasteiger partial charge in [-0.15, -0.1) is 0 Å². The van der Waals surface area contributed by atoms with Gasteiger partial charge in [-0.2, -0.15) is 0 Å². The van der Waals surface area contributed by atoms with Crippen LogP contribution in [0.5, 0.6) is 0 Å². The van der Waals surface area contributed by atoms with Gasteiger partial charge in [-0.05, 0) is 18.6 Å². The molecule has 0 bridgehead atoms. The Morgan fingerprint density at radius 2 is 1.94 bits per heavy atom. The molecule has 0 unspecified atom stereocenters. The second-order valence-corrected chi connectivity index (χ2v) is 5.68. The van der Waals surface area contributed by atoms with E-state index in [4.69, 9.17) is 11.6 Å². The summed E-state index contributed by atoms with van der Waals surface area (Å²) in [5.41, 5.74) is 0. The number of nitrogens with one attached hydrogen (secondary N) is 1. The van der Waals surface area contributed by atoms with Crippen LogP contribution in [0.1, 0.15) is 26.2 Å². The highest BCUT2D eigenvalue weighted by Gasteiger charge is 2.15. The molecular weight excluding hydrogens is 246 g/mol. The molecule has 0 aliphatic carbocycles. The third-order valence-electron chi connectivity index (χ3n) is 2.20. The number of rotatable bonds is 6. The van der Waals surface area contributed by atoms with Crippen molar-refractivity contribution in [2.75, 3.05) is 6.54 Å². The minimum Gasteiger partial charge on any atom is -0.211 e. The lowest BCUT2D eigenvalue weighted by atomic mass is 10.3. The van der Waals surface area contributed by atoms with Crippen molar-refractivity contribution in [3.05, 3.63) is 29.3 Å². The lowest BCUT2D eigenvalue weighted by Crippen LogP contribution is -2.25. The summed E-state index contributed by atoms with van der Waals surface area (Å²) in [6.45, 7) is 2.53. The van der Waals surface area contributed by atoms with Crippen LogP contribution in [-0.2, 0) is 10.0 Å². The molecule has 0 spiro atoms. The van der Waals surface area contributed by atoms with Crippen LogP contribution >= 0.6 is 11.6 Å². The fraction of sp³-hybridized carbons (Fsp3) is 0.455. The molecule has 1 N–H and O–H groups in total. The molecule has 5 heteroatoms. The summed E-state index contributed by atoms with van der Waals surface area (Å²) in [5.74, 6) is 0. The SMILES string of the molecule is CCCCCNS(=O)(=O)c1ccccc1Cl. The molecule has 3 nitrogen and oxygen atoms in total. The third-order valence-corrected chi connectivity index (χ3v) is 4.16. The van der Waals surface area contributed by atoms with Crippen molar-refractivity contribution in [2.24, 2.45) is 0 Å². The van der Waals surface area contributed by atoms with E-state index in [1.165, 1.54) is 6.07 Å². The van der Waals surface area contributed by atoms with Gasteiger partial charge in [0.05, 0.1) is 5.02 Å². The van der Waals surface area contributed by atoms with Gasteiger partial charge in [-0.3, -0.25) is 0 Å². The quantitative estimate of drug-likeness (QED) is 0.801. The summed E-state index contributed by atoms with van der Waals surface area (Å²) in [7, 11) is -3.45. The van der Waals surface area contributed by atoms with Gasteiger partial charge in [0, 0.05) is 6.54 Å². The van der Waals surface area contributed by atoms with Crippen LogP contribution in [0.15, 0.2) is 29.2 Å². The molecular formula is C11H16ClNO2S.